The molecule has 0 fully saturated rings. The fourth-order valence-corrected chi connectivity index (χ4v) is 2.49. The quantitative estimate of drug-likeness (QED) is 0.693. The standard InChI is InChI=1S/C17H15NO3/c1-3-18-14-9-8-12(10-15(14)21-17(18)20)16(19)13-7-5-4-6-11(13)2/h4-10H,3H2,1-2H3. The van der Waals surface area contributed by atoms with Gasteiger partial charge >= 0.3 is 5.76 Å². The van der Waals surface area contributed by atoms with Crippen molar-refractivity contribution in [3.05, 3.63) is 69.7 Å². The molecule has 21 heavy (non-hydrogen) atoms. The van der Waals surface area contributed by atoms with Crippen LogP contribution in [0.1, 0.15) is 28.4 Å². The van der Waals surface area contributed by atoms with Gasteiger partial charge in [0.2, 0.25) is 0 Å². The summed E-state index contributed by atoms with van der Waals surface area (Å²) in [7, 11) is 0. The van der Waals surface area contributed by atoms with E-state index in [1.54, 1.807) is 24.3 Å². The molecule has 0 atom stereocenters. The molecule has 4 nitrogen and oxygen atoms in total. The summed E-state index contributed by atoms with van der Waals surface area (Å²) < 4.78 is 6.74. The molecule has 0 spiro atoms. The molecule has 0 aliphatic rings. The maximum absolute atomic E-state index is 12.5. The van der Waals surface area contributed by atoms with E-state index >= 15 is 0 Å². The number of hydrogen-bond acceptors (Lipinski definition) is 3. The van der Waals surface area contributed by atoms with Crippen LogP contribution >= 0.6 is 0 Å². The van der Waals surface area contributed by atoms with E-state index in [1.807, 2.05) is 32.0 Å². The van der Waals surface area contributed by atoms with Crippen molar-refractivity contribution >= 4 is 16.9 Å². The smallest absolute Gasteiger partial charge is 0.408 e. The number of ketones is 1. The molecule has 1 heterocycles. The highest BCUT2D eigenvalue weighted by atomic mass is 16.4. The Bertz CT molecular complexity index is 886. The number of fused-ring (bicyclic) bond motifs is 1. The predicted octanol–water partition coefficient (Wildman–Crippen LogP) is 3.15. The molecular weight excluding hydrogens is 266 g/mol. The van der Waals surface area contributed by atoms with Gasteiger partial charge in [-0.15, -0.1) is 0 Å². The lowest BCUT2D eigenvalue weighted by atomic mass is 9.99. The number of nitrogens with zero attached hydrogens (tertiary/aromatic N) is 1. The van der Waals surface area contributed by atoms with Crippen molar-refractivity contribution in [3.63, 3.8) is 0 Å². The maximum atomic E-state index is 12.5. The zero-order chi connectivity index (χ0) is 15.0. The molecule has 0 amide bonds. The van der Waals surface area contributed by atoms with E-state index < -0.39 is 5.76 Å². The number of oxazole rings is 1. The molecule has 0 aliphatic carbocycles. The van der Waals surface area contributed by atoms with E-state index in [4.69, 9.17) is 4.42 Å². The Morgan fingerprint density at radius 1 is 1.19 bits per heavy atom. The zero-order valence-electron chi connectivity index (χ0n) is 11.9. The number of hydrogen-bond donors (Lipinski definition) is 0. The third-order valence-electron chi connectivity index (χ3n) is 3.64. The van der Waals surface area contributed by atoms with Crippen molar-refractivity contribution < 1.29 is 9.21 Å². The molecule has 0 bridgehead atoms. The van der Waals surface area contributed by atoms with Gasteiger partial charge in [-0.05, 0) is 37.6 Å². The second kappa shape index (κ2) is 5.05. The van der Waals surface area contributed by atoms with Gasteiger partial charge in [0.15, 0.2) is 11.4 Å². The van der Waals surface area contributed by atoms with Crippen LogP contribution in [0.5, 0.6) is 0 Å². The molecule has 0 aliphatic heterocycles. The Morgan fingerprint density at radius 2 is 1.95 bits per heavy atom. The van der Waals surface area contributed by atoms with E-state index in [9.17, 15) is 9.59 Å². The van der Waals surface area contributed by atoms with Crippen LogP contribution in [0.15, 0.2) is 51.7 Å². The molecular formula is C17H15NO3. The van der Waals surface area contributed by atoms with Crippen molar-refractivity contribution in [2.24, 2.45) is 0 Å². The Hall–Kier alpha value is -2.62. The molecule has 3 rings (SSSR count). The highest BCUT2D eigenvalue weighted by molar-refractivity contribution is 6.11. The molecule has 0 unspecified atom stereocenters. The van der Waals surface area contributed by atoms with Crippen LogP contribution in [-0.4, -0.2) is 10.4 Å². The Kier molecular flexibility index (Phi) is 3.22. The number of carbonyl (C=O) groups excluding carboxylic acids is 1. The summed E-state index contributed by atoms with van der Waals surface area (Å²) in [5, 5.41) is 0. The topological polar surface area (TPSA) is 52.2 Å². The largest absolute Gasteiger partial charge is 0.419 e. The molecule has 0 saturated carbocycles. The van der Waals surface area contributed by atoms with Crippen molar-refractivity contribution in [1.29, 1.82) is 0 Å². The van der Waals surface area contributed by atoms with E-state index in [1.165, 1.54) is 4.57 Å². The summed E-state index contributed by atoms with van der Waals surface area (Å²) in [4.78, 5) is 24.2. The van der Waals surface area contributed by atoms with Gasteiger partial charge in [0.1, 0.15) is 0 Å². The van der Waals surface area contributed by atoms with Gasteiger partial charge in [0.25, 0.3) is 0 Å². The first-order chi connectivity index (χ1) is 10.1. The first-order valence-electron chi connectivity index (χ1n) is 6.85. The Morgan fingerprint density at radius 3 is 2.67 bits per heavy atom. The van der Waals surface area contributed by atoms with Gasteiger partial charge in [0, 0.05) is 17.7 Å². The summed E-state index contributed by atoms with van der Waals surface area (Å²) in [5.74, 6) is -0.463. The fourth-order valence-electron chi connectivity index (χ4n) is 2.49. The predicted molar refractivity (Wildman–Crippen MR) is 80.8 cm³/mol. The number of aryl methyl sites for hydroxylation is 2. The van der Waals surface area contributed by atoms with Crippen LogP contribution in [0.4, 0.5) is 0 Å². The number of carbonyl (C=O) groups is 1. The van der Waals surface area contributed by atoms with Gasteiger partial charge in [0.05, 0.1) is 5.52 Å². The van der Waals surface area contributed by atoms with Gasteiger partial charge in [-0.25, -0.2) is 4.79 Å². The SMILES string of the molecule is CCn1c(=O)oc2cc(C(=O)c3ccccc3C)ccc21. The molecule has 3 aromatic rings. The first kappa shape index (κ1) is 13.4. The fraction of sp³-hybridized carbons (Fsp3) is 0.176. The summed E-state index contributed by atoms with van der Waals surface area (Å²) in [6, 6.07) is 12.6. The van der Waals surface area contributed by atoms with Crippen molar-refractivity contribution in [2.45, 2.75) is 20.4 Å². The van der Waals surface area contributed by atoms with Gasteiger partial charge in [-0.3, -0.25) is 9.36 Å². The van der Waals surface area contributed by atoms with Gasteiger partial charge in [-0.2, -0.15) is 0 Å². The number of aromatic nitrogens is 1. The van der Waals surface area contributed by atoms with Crippen LogP contribution < -0.4 is 5.76 Å². The molecule has 0 radical (unpaired) electrons. The summed E-state index contributed by atoms with van der Waals surface area (Å²) >= 11 is 0. The zero-order valence-corrected chi connectivity index (χ0v) is 11.9. The molecule has 106 valence electrons. The second-order valence-corrected chi connectivity index (χ2v) is 4.94. The van der Waals surface area contributed by atoms with Crippen LogP contribution in [0.2, 0.25) is 0 Å². The lowest BCUT2D eigenvalue weighted by Crippen LogP contribution is -2.12. The van der Waals surface area contributed by atoms with Gasteiger partial charge < -0.3 is 4.42 Å². The van der Waals surface area contributed by atoms with E-state index in [0.29, 0.717) is 28.8 Å². The Labute approximate surface area is 121 Å². The van der Waals surface area contributed by atoms with E-state index in [-0.39, 0.29) is 5.78 Å². The average molecular weight is 281 g/mol. The van der Waals surface area contributed by atoms with Gasteiger partial charge in [-0.1, -0.05) is 24.3 Å². The van der Waals surface area contributed by atoms with Crippen molar-refractivity contribution in [2.75, 3.05) is 0 Å². The minimum Gasteiger partial charge on any atom is -0.408 e. The minimum atomic E-state index is -0.395. The highest BCUT2D eigenvalue weighted by Gasteiger charge is 2.14. The summed E-state index contributed by atoms with van der Waals surface area (Å²) in [6.07, 6.45) is 0. The normalized spacial score (nSPS) is 11.0. The lowest BCUT2D eigenvalue weighted by molar-refractivity contribution is 0.103. The minimum absolute atomic E-state index is 0.0677. The first-order valence-corrected chi connectivity index (χ1v) is 6.85. The van der Waals surface area contributed by atoms with E-state index in [2.05, 4.69) is 0 Å². The molecule has 0 N–H and O–H groups in total. The maximum Gasteiger partial charge on any atom is 0.419 e. The average Bonchev–Trinajstić information content (AvgIpc) is 2.81. The van der Waals surface area contributed by atoms with Crippen LogP contribution in [0, 0.1) is 6.92 Å². The van der Waals surface area contributed by atoms with Crippen LogP contribution in [0.3, 0.4) is 0 Å². The summed E-state index contributed by atoms with van der Waals surface area (Å²) in [5.41, 5.74) is 3.27. The summed E-state index contributed by atoms with van der Waals surface area (Å²) in [6.45, 7) is 4.32. The van der Waals surface area contributed by atoms with Crippen LogP contribution in [0.25, 0.3) is 11.1 Å². The van der Waals surface area contributed by atoms with Crippen LogP contribution in [-0.2, 0) is 6.54 Å². The molecule has 0 saturated heterocycles. The number of benzene rings is 2. The molecule has 2 aromatic carbocycles. The van der Waals surface area contributed by atoms with Crippen molar-refractivity contribution in [1.82, 2.24) is 4.57 Å². The highest BCUT2D eigenvalue weighted by Crippen LogP contribution is 2.19. The molecule has 1 aromatic heterocycles. The monoisotopic (exact) mass is 281 g/mol. The number of rotatable bonds is 3. The molecule has 4 heteroatoms. The third kappa shape index (κ3) is 2.18. The third-order valence-corrected chi connectivity index (χ3v) is 3.64. The lowest BCUT2D eigenvalue weighted by Gasteiger charge is -2.04. The van der Waals surface area contributed by atoms with Crippen molar-refractivity contribution in [3.8, 4) is 0 Å². The van der Waals surface area contributed by atoms with E-state index in [0.717, 1.165) is 5.56 Å². The Balaban J connectivity index is 2.12. The second-order valence-electron chi connectivity index (χ2n) is 4.94.